The number of hydrogen-bond acceptors (Lipinski definition) is 8. The van der Waals surface area contributed by atoms with Crippen LogP contribution in [0.15, 0.2) is 18.2 Å². The molecule has 3 heterocycles. The van der Waals surface area contributed by atoms with Gasteiger partial charge in [-0.05, 0) is 18.1 Å². The van der Waals surface area contributed by atoms with Gasteiger partial charge >= 0.3 is 0 Å². The highest BCUT2D eigenvalue weighted by Crippen LogP contribution is 2.32. The first-order valence-corrected chi connectivity index (χ1v) is 11.8. The van der Waals surface area contributed by atoms with Gasteiger partial charge in [-0.2, -0.15) is 0 Å². The molecule has 1 aromatic heterocycles. The van der Waals surface area contributed by atoms with Crippen LogP contribution in [-0.4, -0.2) is 59.5 Å². The van der Waals surface area contributed by atoms with Gasteiger partial charge in [-0.15, -0.1) is 0 Å². The van der Waals surface area contributed by atoms with Crippen molar-refractivity contribution in [3.8, 4) is 0 Å². The number of nitrogens with zero attached hydrogens (tertiary/aromatic N) is 4. The minimum Gasteiger partial charge on any atom is -0.378 e. The van der Waals surface area contributed by atoms with E-state index in [9.17, 15) is 19.7 Å². The normalized spacial score (nSPS) is 16.0. The molecule has 33 heavy (non-hydrogen) atoms. The van der Waals surface area contributed by atoms with E-state index in [2.05, 4.69) is 10.3 Å². The summed E-state index contributed by atoms with van der Waals surface area (Å²) in [6.45, 7) is 7.29. The Kier molecular flexibility index (Phi) is 6.89. The second-order valence-corrected chi connectivity index (χ2v) is 9.65. The lowest BCUT2D eigenvalue weighted by molar-refractivity contribution is -0.384. The molecule has 0 saturated carbocycles. The third-order valence-corrected chi connectivity index (χ3v) is 6.67. The second-order valence-electron chi connectivity index (χ2n) is 8.57. The van der Waals surface area contributed by atoms with Crippen LogP contribution in [0.2, 0.25) is 0 Å². The Hall–Kier alpha value is -3.05. The van der Waals surface area contributed by atoms with Crippen molar-refractivity contribution < 1.29 is 19.2 Å². The molecule has 11 heteroatoms. The van der Waals surface area contributed by atoms with Gasteiger partial charge in [0, 0.05) is 49.0 Å². The molecule has 2 aliphatic rings. The lowest BCUT2D eigenvalue weighted by Crippen LogP contribution is -2.36. The second kappa shape index (κ2) is 9.84. The van der Waals surface area contributed by atoms with E-state index < -0.39 is 10.8 Å². The van der Waals surface area contributed by atoms with Crippen molar-refractivity contribution in [1.29, 1.82) is 0 Å². The monoisotopic (exact) mass is 473 g/mol. The number of thiazole rings is 1. The van der Waals surface area contributed by atoms with Crippen LogP contribution in [0.5, 0.6) is 0 Å². The quantitative estimate of drug-likeness (QED) is 0.506. The summed E-state index contributed by atoms with van der Waals surface area (Å²) >= 11 is 1.34. The maximum Gasteiger partial charge on any atom is 0.293 e. The SMILES string of the molecule is CC(C)CC(=O)N1CCc2nc(NC(=O)c3ccc(N4CCOCC4)c([N+](=O)[O-])c3)sc2C1. The van der Waals surface area contributed by atoms with Gasteiger partial charge in [0.25, 0.3) is 11.6 Å². The van der Waals surface area contributed by atoms with E-state index in [4.69, 9.17) is 4.74 Å². The average molecular weight is 474 g/mol. The molecule has 2 aliphatic heterocycles. The number of fused-ring (bicyclic) bond motifs is 1. The number of carbonyl (C=O) groups excluding carboxylic acids is 2. The molecule has 4 rings (SSSR count). The maximum absolute atomic E-state index is 12.8. The highest BCUT2D eigenvalue weighted by atomic mass is 32.1. The number of ether oxygens (including phenoxy) is 1. The molecule has 1 N–H and O–H groups in total. The Labute approximate surface area is 195 Å². The summed E-state index contributed by atoms with van der Waals surface area (Å²) in [4.78, 5) is 45.6. The molecule has 1 saturated heterocycles. The van der Waals surface area contributed by atoms with Gasteiger partial charge in [0.15, 0.2) is 5.13 Å². The maximum atomic E-state index is 12.8. The molecule has 0 aliphatic carbocycles. The van der Waals surface area contributed by atoms with Gasteiger partial charge in [-0.1, -0.05) is 25.2 Å². The molecule has 10 nitrogen and oxygen atoms in total. The summed E-state index contributed by atoms with van der Waals surface area (Å²) in [6.07, 6.45) is 1.15. The van der Waals surface area contributed by atoms with E-state index in [1.54, 1.807) is 12.1 Å². The number of benzene rings is 1. The largest absolute Gasteiger partial charge is 0.378 e. The van der Waals surface area contributed by atoms with Crippen molar-refractivity contribution in [3.05, 3.63) is 44.4 Å². The van der Waals surface area contributed by atoms with E-state index >= 15 is 0 Å². The number of anilines is 2. The molecule has 0 atom stereocenters. The van der Waals surface area contributed by atoms with E-state index in [0.29, 0.717) is 69.0 Å². The van der Waals surface area contributed by atoms with Crippen molar-refractivity contribution >= 4 is 39.7 Å². The minimum absolute atomic E-state index is 0.109. The van der Waals surface area contributed by atoms with Crippen LogP contribution in [0.4, 0.5) is 16.5 Å². The zero-order valence-electron chi connectivity index (χ0n) is 18.7. The molecule has 176 valence electrons. The van der Waals surface area contributed by atoms with Gasteiger partial charge in [0.2, 0.25) is 5.91 Å². The number of rotatable bonds is 6. The molecule has 0 radical (unpaired) electrons. The molecule has 2 aromatic rings. The predicted molar refractivity (Wildman–Crippen MR) is 125 cm³/mol. The molecule has 0 unspecified atom stereocenters. The molecule has 1 aromatic carbocycles. The van der Waals surface area contributed by atoms with Crippen molar-refractivity contribution in [2.24, 2.45) is 5.92 Å². The van der Waals surface area contributed by atoms with Crippen molar-refractivity contribution in [2.75, 3.05) is 43.1 Å². The third-order valence-electron chi connectivity index (χ3n) is 5.67. The molecule has 0 spiro atoms. The van der Waals surface area contributed by atoms with E-state index in [-0.39, 0.29) is 17.2 Å². The third kappa shape index (κ3) is 5.31. The summed E-state index contributed by atoms with van der Waals surface area (Å²) in [5.74, 6) is -0.0262. The molecule has 1 fully saturated rings. The summed E-state index contributed by atoms with van der Waals surface area (Å²) < 4.78 is 5.32. The first-order chi connectivity index (χ1) is 15.8. The lowest BCUT2D eigenvalue weighted by atomic mass is 10.1. The Bertz CT molecular complexity index is 1060. The van der Waals surface area contributed by atoms with E-state index in [1.165, 1.54) is 17.4 Å². The smallest absolute Gasteiger partial charge is 0.293 e. The predicted octanol–water partition coefficient (Wildman–Crippen LogP) is 3.07. The number of nitro benzene ring substituents is 1. The Balaban J connectivity index is 1.47. The van der Waals surface area contributed by atoms with Gasteiger partial charge in [0.05, 0.1) is 30.4 Å². The van der Waals surface area contributed by atoms with Crippen LogP contribution >= 0.6 is 11.3 Å². The van der Waals surface area contributed by atoms with Gasteiger partial charge in [-0.3, -0.25) is 25.0 Å². The Morgan fingerprint density at radius 3 is 2.73 bits per heavy atom. The number of nitro groups is 1. The van der Waals surface area contributed by atoms with Crippen molar-refractivity contribution in [1.82, 2.24) is 9.88 Å². The number of hydrogen-bond donors (Lipinski definition) is 1. The fraction of sp³-hybridized carbons (Fsp3) is 0.500. The average Bonchev–Trinajstić information content (AvgIpc) is 3.20. The van der Waals surface area contributed by atoms with Gasteiger partial charge in [0.1, 0.15) is 5.69 Å². The number of aromatic nitrogens is 1. The standard InChI is InChI=1S/C22H27N5O5S/c1-14(2)11-20(28)26-6-5-16-19(13-26)33-22(23-16)24-21(29)15-3-4-17(18(12-15)27(30)31)25-7-9-32-10-8-25/h3-4,12,14H,5-11,13H2,1-2H3,(H,23,24,29). The van der Waals surface area contributed by atoms with Crippen LogP contribution in [0.1, 0.15) is 41.2 Å². The van der Waals surface area contributed by atoms with Crippen molar-refractivity contribution in [2.45, 2.75) is 33.2 Å². The fourth-order valence-corrected chi connectivity index (χ4v) is 5.01. The summed E-state index contributed by atoms with van der Waals surface area (Å²) in [6, 6.07) is 4.51. The molecule has 0 bridgehead atoms. The number of morpholine rings is 1. The Morgan fingerprint density at radius 1 is 1.27 bits per heavy atom. The van der Waals surface area contributed by atoms with Crippen LogP contribution in [0.25, 0.3) is 0 Å². The number of carbonyl (C=O) groups is 2. The highest BCUT2D eigenvalue weighted by molar-refractivity contribution is 7.15. The minimum atomic E-state index is -0.466. The first kappa shape index (κ1) is 23.1. The zero-order chi connectivity index (χ0) is 23.5. The van der Waals surface area contributed by atoms with Crippen LogP contribution in [0, 0.1) is 16.0 Å². The summed E-state index contributed by atoms with van der Waals surface area (Å²) in [7, 11) is 0. The molecular weight excluding hydrogens is 446 g/mol. The lowest BCUT2D eigenvalue weighted by Gasteiger charge is -2.28. The van der Waals surface area contributed by atoms with Crippen molar-refractivity contribution in [3.63, 3.8) is 0 Å². The summed E-state index contributed by atoms with van der Waals surface area (Å²) in [5, 5.41) is 14.9. The highest BCUT2D eigenvalue weighted by Gasteiger charge is 2.26. The summed E-state index contributed by atoms with van der Waals surface area (Å²) in [5.41, 5.74) is 1.45. The topological polar surface area (TPSA) is 118 Å². The van der Waals surface area contributed by atoms with E-state index in [0.717, 1.165) is 10.6 Å². The van der Waals surface area contributed by atoms with Gasteiger partial charge < -0.3 is 14.5 Å². The van der Waals surface area contributed by atoms with Crippen LogP contribution in [-0.2, 0) is 22.5 Å². The molecular formula is C22H27N5O5S. The van der Waals surface area contributed by atoms with Crippen LogP contribution in [0.3, 0.4) is 0 Å². The number of nitrogens with one attached hydrogen (secondary N) is 1. The first-order valence-electron chi connectivity index (χ1n) is 11.0. The number of amides is 2. The van der Waals surface area contributed by atoms with E-state index in [1.807, 2.05) is 23.6 Å². The Morgan fingerprint density at radius 2 is 2.03 bits per heavy atom. The van der Waals surface area contributed by atoms with Crippen LogP contribution < -0.4 is 10.2 Å². The molecule has 2 amide bonds. The zero-order valence-corrected chi connectivity index (χ0v) is 19.5. The van der Waals surface area contributed by atoms with Gasteiger partial charge in [-0.25, -0.2) is 4.98 Å². The fourth-order valence-electron chi connectivity index (χ4n) is 3.99.